The van der Waals surface area contributed by atoms with Gasteiger partial charge in [0.1, 0.15) is 0 Å². The monoisotopic (exact) mass is 338 g/mol. The van der Waals surface area contributed by atoms with E-state index >= 15 is 0 Å². The lowest BCUT2D eigenvalue weighted by Gasteiger charge is -2.22. The number of nitrogens with zero attached hydrogens (tertiary/aromatic N) is 2. The van der Waals surface area contributed by atoms with Gasteiger partial charge < -0.3 is 9.64 Å². The topological polar surface area (TPSA) is 49.9 Å². The molecule has 1 heterocycles. The van der Waals surface area contributed by atoms with Crippen molar-refractivity contribution < 1.29 is 14.3 Å². The van der Waals surface area contributed by atoms with Gasteiger partial charge >= 0.3 is 6.03 Å². The highest BCUT2D eigenvalue weighted by Gasteiger charge is 2.42. The van der Waals surface area contributed by atoms with Gasteiger partial charge in [-0.25, -0.2) is 4.79 Å². The largest absolute Gasteiger partial charge is 0.383 e. The van der Waals surface area contributed by atoms with E-state index in [0.717, 1.165) is 11.1 Å². The maximum atomic E-state index is 13.1. The molecule has 5 heteroatoms. The fraction of sp³-hybridized carbons (Fsp3) is 0.300. The number of benzene rings is 2. The van der Waals surface area contributed by atoms with Crippen molar-refractivity contribution in [1.82, 2.24) is 9.80 Å². The van der Waals surface area contributed by atoms with Gasteiger partial charge in [-0.3, -0.25) is 9.69 Å². The molecule has 1 fully saturated rings. The van der Waals surface area contributed by atoms with Crippen molar-refractivity contribution in [1.29, 1.82) is 0 Å². The van der Waals surface area contributed by atoms with Crippen molar-refractivity contribution in [3.63, 3.8) is 0 Å². The molecule has 1 aliphatic rings. The normalized spacial score (nSPS) is 17.2. The summed E-state index contributed by atoms with van der Waals surface area (Å²) in [6.45, 7) is 3.27. The van der Waals surface area contributed by atoms with Crippen LogP contribution in [0.5, 0.6) is 0 Å². The molecule has 3 amide bonds. The summed E-state index contributed by atoms with van der Waals surface area (Å²) in [6.07, 6.45) is 0. The molecule has 1 atom stereocenters. The van der Waals surface area contributed by atoms with E-state index in [-0.39, 0.29) is 18.0 Å². The van der Waals surface area contributed by atoms with Crippen LogP contribution in [0.4, 0.5) is 4.79 Å². The molecule has 5 nitrogen and oxygen atoms in total. The van der Waals surface area contributed by atoms with Crippen LogP contribution >= 0.6 is 0 Å². The summed E-state index contributed by atoms with van der Waals surface area (Å²) in [6, 6.07) is 16.5. The second kappa shape index (κ2) is 7.49. The van der Waals surface area contributed by atoms with Gasteiger partial charge in [0.15, 0.2) is 0 Å². The molecule has 0 spiro atoms. The average molecular weight is 338 g/mol. The molecule has 130 valence electrons. The lowest BCUT2D eigenvalue weighted by Crippen LogP contribution is -2.38. The summed E-state index contributed by atoms with van der Waals surface area (Å²) in [5.74, 6) is -0.253. The smallest absolute Gasteiger partial charge is 0.327 e. The third-order valence-corrected chi connectivity index (χ3v) is 4.53. The van der Waals surface area contributed by atoms with E-state index in [1.165, 1.54) is 4.90 Å². The Bertz CT molecular complexity index is 761. The number of carbonyl (C=O) groups excluding carboxylic acids is 2. The molecule has 0 aliphatic carbocycles. The van der Waals surface area contributed by atoms with Crippen molar-refractivity contribution >= 4 is 11.9 Å². The van der Waals surface area contributed by atoms with Gasteiger partial charge in [-0.1, -0.05) is 48.5 Å². The number of methoxy groups -OCH3 is 1. The second-order valence-electron chi connectivity index (χ2n) is 6.14. The zero-order valence-corrected chi connectivity index (χ0v) is 14.5. The highest BCUT2D eigenvalue weighted by atomic mass is 16.5. The Kier molecular flexibility index (Phi) is 5.14. The summed E-state index contributed by atoms with van der Waals surface area (Å²) in [5.41, 5.74) is 2.38. The Hall–Kier alpha value is -2.66. The summed E-state index contributed by atoms with van der Waals surface area (Å²) < 4.78 is 5.10. The molecule has 3 rings (SSSR count). The number of aryl methyl sites for hydroxylation is 1. The number of ether oxygens (including phenoxy) is 1. The van der Waals surface area contributed by atoms with Crippen LogP contribution < -0.4 is 0 Å². The van der Waals surface area contributed by atoms with Crippen LogP contribution in [-0.2, 0) is 4.74 Å². The lowest BCUT2D eigenvalue weighted by molar-refractivity contribution is 0.0778. The maximum absolute atomic E-state index is 13.1. The van der Waals surface area contributed by atoms with E-state index in [1.807, 2.05) is 55.5 Å². The van der Waals surface area contributed by atoms with E-state index in [4.69, 9.17) is 4.74 Å². The molecule has 0 bridgehead atoms. The predicted molar refractivity (Wildman–Crippen MR) is 95.4 cm³/mol. The molecule has 0 aromatic heterocycles. The zero-order chi connectivity index (χ0) is 17.8. The van der Waals surface area contributed by atoms with E-state index < -0.39 is 0 Å². The maximum Gasteiger partial charge on any atom is 0.327 e. The number of imide groups is 1. The van der Waals surface area contributed by atoms with E-state index in [2.05, 4.69) is 0 Å². The first kappa shape index (κ1) is 17.2. The summed E-state index contributed by atoms with van der Waals surface area (Å²) in [7, 11) is 1.60. The number of rotatable bonds is 5. The molecule has 1 aliphatic heterocycles. The van der Waals surface area contributed by atoms with Crippen LogP contribution in [0.3, 0.4) is 0 Å². The Morgan fingerprint density at radius 1 is 1.12 bits per heavy atom. The fourth-order valence-electron chi connectivity index (χ4n) is 3.14. The first-order valence-electron chi connectivity index (χ1n) is 8.35. The van der Waals surface area contributed by atoms with Gasteiger partial charge in [0.2, 0.25) is 0 Å². The molecule has 25 heavy (non-hydrogen) atoms. The first-order valence-corrected chi connectivity index (χ1v) is 8.35. The second-order valence-corrected chi connectivity index (χ2v) is 6.14. The van der Waals surface area contributed by atoms with Gasteiger partial charge in [0.25, 0.3) is 5.91 Å². The van der Waals surface area contributed by atoms with Crippen molar-refractivity contribution in [2.45, 2.75) is 13.0 Å². The van der Waals surface area contributed by atoms with Crippen LogP contribution in [0.25, 0.3) is 0 Å². The summed E-state index contributed by atoms with van der Waals surface area (Å²) >= 11 is 0. The molecule has 1 unspecified atom stereocenters. The van der Waals surface area contributed by atoms with E-state index in [1.54, 1.807) is 18.1 Å². The van der Waals surface area contributed by atoms with Gasteiger partial charge in [-0.05, 0) is 24.1 Å². The number of carbonyl (C=O) groups is 2. The van der Waals surface area contributed by atoms with Crippen LogP contribution in [0.15, 0.2) is 54.6 Å². The fourth-order valence-corrected chi connectivity index (χ4v) is 3.14. The Morgan fingerprint density at radius 3 is 2.48 bits per heavy atom. The van der Waals surface area contributed by atoms with Crippen molar-refractivity contribution in [3.8, 4) is 0 Å². The van der Waals surface area contributed by atoms with Gasteiger partial charge in [0, 0.05) is 25.8 Å². The summed E-state index contributed by atoms with van der Waals surface area (Å²) in [5, 5.41) is 0. The number of hydrogen-bond acceptors (Lipinski definition) is 3. The average Bonchev–Trinajstić information content (AvgIpc) is 2.97. The quantitative estimate of drug-likeness (QED) is 0.841. The molecule has 1 saturated heterocycles. The van der Waals surface area contributed by atoms with Gasteiger partial charge in [0.05, 0.1) is 12.6 Å². The van der Waals surface area contributed by atoms with Crippen LogP contribution in [0, 0.1) is 6.92 Å². The number of urea groups is 1. The lowest BCUT2D eigenvalue weighted by atomic mass is 10.0. The molecular formula is C20H22N2O3. The van der Waals surface area contributed by atoms with Crippen molar-refractivity contribution in [3.05, 3.63) is 71.3 Å². The van der Waals surface area contributed by atoms with Crippen LogP contribution in [0.1, 0.15) is 27.5 Å². The van der Waals surface area contributed by atoms with E-state index in [9.17, 15) is 9.59 Å². The molecule has 2 aromatic carbocycles. The third-order valence-electron chi connectivity index (χ3n) is 4.53. The highest BCUT2D eigenvalue weighted by Crippen LogP contribution is 2.31. The van der Waals surface area contributed by atoms with E-state index in [0.29, 0.717) is 25.3 Å². The number of amides is 3. The van der Waals surface area contributed by atoms with Crippen LogP contribution in [0.2, 0.25) is 0 Å². The molecular weight excluding hydrogens is 316 g/mol. The zero-order valence-electron chi connectivity index (χ0n) is 14.5. The summed E-state index contributed by atoms with van der Waals surface area (Å²) in [4.78, 5) is 29.1. The van der Waals surface area contributed by atoms with Gasteiger partial charge in [-0.2, -0.15) is 0 Å². The Balaban J connectivity index is 1.96. The van der Waals surface area contributed by atoms with Crippen molar-refractivity contribution in [2.75, 3.05) is 26.8 Å². The Labute approximate surface area is 147 Å². The minimum atomic E-state index is -0.294. The van der Waals surface area contributed by atoms with Gasteiger partial charge in [-0.15, -0.1) is 0 Å². The molecule has 0 N–H and O–H groups in total. The molecule has 0 saturated carbocycles. The highest BCUT2D eigenvalue weighted by molar-refractivity contribution is 6.06. The number of hydrogen-bond donors (Lipinski definition) is 0. The van der Waals surface area contributed by atoms with Crippen LogP contribution in [-0.4, -0.2) is 48.5 Å². The minimum Gasteiger partial charge on any atom is -0.383 e. The first-order chi connectivity index (χ1) is 12.1. The molecule has 2 aromatic rings. The van der Waals surface area contributed by atoms with Crippen molar-refractivity contribution in [2.24, 2.45) is 0 Å². The minimum absolute atomic E-state index is 0.253. The standard InChI is InChI=1S/C20H22N2O3/c1-15-8-6-7-11-17(15)19(23)22-18(16-9-4-3-5-10-16)14-21(20(22)24)12-13-25-2/h3-11,18H,12-14H2,1-2H3. The Morgan fingerprint density at radius 2 is 1.80 bits per heavy atom. The molecule has 0 radical (unpaired) electrons. The third kappa shape index (κ3) is 3.42. The predicted octanol–water partition coefficient (Wildman–Crippen LogP) is 3.26. The SMILES string of the molecule is COCCN1CC(c2ccccc2)N(C(=O)c2ccccc2C)C1=O.